The summed E-state index contributed by atoms with van der Waals surface area (Å²) in [7, 11) is 0. The SMILES string of the molecule is CC(=O)c1ccc(NC(=O)c2cc(OC(C)C)c(F)c(OC(C)C)c2)cc1. The summed E-state index contributed by atoms with van der Waals surface area (Å²) < 4.78 is 25.5. The van der Waals surface area contributed by atoms with E-state index >= 15 is 0 Å². The maximum atomic E-state index is 14.6. The first-order chi connectivity index (χ1) is 12.7. The summed E-state index contributed by atoms with van der Waals surface area (Å²) in [6.45, 7) is 8.55. The predicted octanol–water partition coefficient (Wildman–Crippen LogP) is 4.86. The number of anilines is 1. The molecule has 0 spiro atoms. The van der Waals surface area contributed by atoms with Crippen molar-refractivity contribution in [1.82, 2.24) is 0 Å². The molecule has 0 aromatic heterocycles. The van der Waals surface area contributed by atoms with Gasteiger partial charge in [-0.05, 0) is 71.0 Å². The average Bonchev–Trinajstić information content (AvgIpc) is 2.57. The minimum atomic E-state index is -0.639. The normalized spacial score (nSPS) is 10.8. The third-order valence-electron chi connectivity index (χ3n) is 3.54. The Morgan fingerprint density at radius 2 is 1.37 bits per heavy atom. The number of benzene rings is 2. The molecule has 0 aliphatic rings. The number of hydrogen-bond acceptors (Lipinski definition) is 4. The largest absolute Gasteiger partial charge is 0.488 e. The lowest BCUT2D eigenvalue weighted by atomic mass is 10.1. The Morgan fingerprint density at radius 3 is 1.78 bits per heavy atom. The standard InChI is InChI=1S/C21H24FNO4/c1-12(2)26-18-10-16(11-19(20(18)22)27-13(3)4)21(25)23-17-8-6-15(7-9-17)14(5)24/h6-13H,1-5H3,(H,23,25). The molecule has 5 nitrogen and oxygen atoms in total. The van der Waals surface area contributed by atoms with Gasteiger partial charge in [-0.1, -0.05) is 0 Å². The molecule has 0 fully saturated rings. The van der Waals surface area contributed by atoms with Crippen LogP contribution >= 0.6 is 0 Å². The molecule has 1 amide bonds. The molecule has 144 valence electrons. The summed E-state index contributed by atoms with van der Waals surface area (Å²) in [6, 6.07) is 9.22. The maximum absolute atomic E-state index is 14.6. The van der Waals surface area contributed by atoms with E-state index in [1.54, 1.807) is 52.0 Å². The second kappa shape index (κ2) is 8.66. The van der Waals surface area contributed by atoms with E-state index in [-0.39, 0.29) is 35.1 Å². The van der Waals surface area contributed by atoms with Gasteiger partial charge in [-0.3, -0.25) is 9.59 Å². The predicted molar refractivity (Wildman–Crippen MR) is 102 cm³/mol. The van der Waals surface area contributed by atoms with Gasteiger partial charge in [0.2, 0.25) is 5.82 Å². The van der Waals surface area contributed by atoms with Gasteiger partial charge in [0, 0.05) is 16.8 Å². The quantitative estimate of drug-likeness (QED) is 0.704. The third-order valence-corrected chi connectivity index (χ3v) is 3.54. The highest BCUT2D eigenvalue weighted by atomic mass is 19.1. The maximum Gasteiger partial charge on any atom is 0.255 e. The number of carbonyl (C=O) groups is 2. The van der Waals surface area contributed by atoms with Gasteiger partial charge in [0.25, 0.3) is 5.91 Å². The minimum Gasteiger partial charge on any atom is -0.488 e. The van der Waals surface area contributed by atoms with Crippen LogP contribution < -0.4 is 14.8 Å². The van der Waals surface area contributed by atoms with Crippen LogP contribution in [0.15, 0.2) is 36.4 Å². The van der Waals surface area contributed by atoms with Crippen LogP contribution in [0.1, 0.15) is 55.3 Å². The highest BCUT2D eigenvalue weighted by Gasteiger charge is 2.19. The molecular formula is C21H24FNO4. The number of halogens is 1. The molecule has 0 heterocycles. The molecular weight excluding hydrogens is 349 g/mol. The summed E-state index contributed by atoms with van der Waals surface area (Å²) in [4.78, 5) is 23.9. The number of ketones is 1. The Kier molecular flexibility index (Phi) is 6.55. The second-order valence-corrected chi connectivity index (χ2v) is 6.71. The molecule has 1 N–H and O–H groups in total. The number of rotatable bonds is 7. The summed E-state index contributed by atoms with van der Waals surface area (Å²) in [5, 5.41) is 2.72. The van der Waals surface area contributed by atoms with Crippen molar-refractivity contribution in [3.63, 3.8) is 0 Å². The third kappa shape index (κ3) is 5.54. The van der Waals surface area contributed by atoms with E-state index in [9.17, 15) is 14.0 Å². The van der Waals surface area contributed by atoms with Gasteiger partial charge >= 0.3 is 0 Å². The van der Waals surface area contributed by atoms with E-state index in [4.69, 9.17) is 9.47 Å². The first-order valence-electron chi connectivity index (χ1n) is 8.76. The van der Waals surface area contributed by atoms with Gasteiger partial charge in [0.1, 0.15) is 0 Å². The lowest BCUT2D eigenvalue weighted by molar-refractivity contribution is 0.101. The molecule has 0 atom stereocenters. The zero-order chi connectivity index (χ0) is 20.1. The summed E-state index contributed by atoms with van der Waals surface area (Å²) in [6.07, 6.45) is -0.521. The molecule has 2 aromatic carbocycles. The molecule has 0 saturated carbocycles. The second-order valence-electron chi connectivity index (χ2n) is 6.71. The van der Waals surface area contributed by atoms with Crippen molar-refractivity contribution in [2.75, 3.05) is 5.32 Å². The van der Waals surface area contributed by atoms with Crippen molar-refractivity contribution >= 4 is 17.4 Å². The number of Topliss-reactive ketones (excluding diaryl/α,β-unsaturated/α-hetero) is 1. The topological polar surface area (TPSA) is 64.6 Å². The van der Waals surface area contributed by atoms with Gasteiger partial charge in [0.15, 0.2) is 17.3 Å². The number of amides is 1. The molecule has 27 heavy (non-hydrogen) atoms. The van der Waals surface area contributed by atoms with E-state index in [1.807, 2.05) is 0 Å². The van der Waals surface area contributed by atoms with Crippen LogP contribution in [0, 0.1) is 5.82 Å². The van der Waals surface area contributed by atoms with Crippen molar-refractivity contribution < 1.29 is 23.5 Å². The zero-order valence-electron chi connectivity index (χ0n) is 16.1. The Hall–Kier alpha value is -2.89. The Labute approximate surface area is 158 Å². The Morgan fingerprint density at radius 1 is 0.889 bits per heavy atom. The minimum absolute atomic E-state index is 0.0415. The molecule has 0 unspecified atom stereocenters. The van der Waals surface area contributed by atoms with E-state index in [0.29, 0.717) is 11.3 Å². The molecule has 0 aliphatic heterocycles. The van der Waals surface area contributed by atoms with Gasteiger partial charge in [-0.25, -0.2) is 0 Å². The van der Waals surface area contributed by atoms with E-state index in [2.05, 4.69) is 5.32 Å². The summed E-state index contributed by atoms with van der Waals surface area (Å²) in [5.41, 5.74) is 1.28. The van der Waals surface area contributed by atoms with Crippen molar-refractivity contribution in [2.45, 2.75) is 46.8 Å². The first-order valence-corrected chi connectivity index (χ1v) is 8.76. The highest BCUT2D eigenvalue weighted by molar-refractivity contribution is 6.05. The van der Waals surface area contributed by atoms with Crippen molar-refractivity contribution in [1.29, 1.82) is 0 Å². The fourth-order valence-electron chi connectivity index (χ4n) is 2.37. The number of hydrogen-bond donors (Lipinski definition) is 1. The lowest BCUT2D eigenvalue weighted by Crippen LogP contribution is -2.15. The average molecular weight is 373 g/mol. The molecule has 0 aliphatic carbocycles. The van der Waals surface area contributed by atoms with Crippen LogP contribution in [0.2, 0.25) is 0 Å². The van der Waals surface area contributed by atoms with Crippen molar-refractivity contribution in [2.24, 2.45) is 0 Å². The van der Waals surface area contributed by atoms with E-state index in [1.165, 1.54) is 19.1 Å². The smallest absolute Gasteiger partial charge is 0.255 e. The molecule has 0 radical (unpaired) electrons. The Bertz CT molecular complexity index is 798. The first kappa shape index (κ1) is 20.4. The van der Waals surface area contributed by atoms with E-state index < -0.39 is 11.7 Å². The highest BCUT2D eigenvalue weighted by Crippen LogP contribution is 2.31. The fraction of sp³-hybridized carbons (Fsp3) is 0.333. The number of carbonyl (C=O) groups excluding carboxylic acids is 2. The van der Waals surface area contributed by atoms with Crippen LogP contribution in [-0.4, -0.2) is 23.9 Å². The Balaban J connectivity index is 2.31. The molecule has 2 aromatic rings. The van der Waals surface area contributed by atoms with Crippen LogP contribution in [0.25, 0.3) is 0 Å². The van der Waals surface area contributed by atoms with Gasteiger partial charge in [-0.15, -0.1) is 0 Å². The van der Waals surface area contributed by atoms with E-state index in [0.717, 1.165) is 0 Å². The van der Waals surface area contributed by atoms with Gasteiger partial charge < -0.3 is 14.8 Å². The summed E-state index contributed by atoms with van der Waals surface area (Å²) in [5.74, 6) is -1.22. The van der Waals surface area contributed by atoms with Gasteiger partial charge in [-0.2, -0.15) is 4.39 Å². The molecule has 6 heteroatoms. The number of ether oxygens (including phenoxy) is 2. The summed E-state index contributed by atoms with van der Waals surface area (Å²) >= 11 is 0. The monoisotopic (exact) mass is 373 g/mol. The van der Waals surface area contributed by atoms with Crippen LogP contribution in [0.3, 0.4) is 0 Å². The molecule has 0 bridgehead atoms. The molecule has 0 saturated heterocycles. The van der Waals surface area contributed by atoms with Crippen LogP contribution in [0.5, 0.6) is 11.5 Å². The zero-order valence-corrected chi connectivity index (χ0v) is 16.1. The van der Waals surface area contributed by atoms with Crippen LogP contribution in [0.4, 0.5) is 10.1 Å². The van der Waals surface area contributed by atoms with Gasteiger partial charge in [0.05, 0.1) is 12.2 Å². The lowest BCUT2D eigenvalue weighted by Gasteiger charge is -2.17. The van der Waals surface area contributed by atoms with Crippen LogP contribution in [-0.2, 0) is 0 Å². The van der Waals surface area contributed by atoms with Crippen molar-refractivity contribution in [3.8, 4) is 11.5 Å². The van der Waals surface area contributed by atoms with Crippen molar-refractivity contribution in [3.05, 3.63) is 53.3 Å². The number of nitrogens with one attached hydrogen (secondary N) is 1. The molecule has 2 rings (SSSR count). The fourth-order valence-corrected chi connectivity index (χ4v) is 2.37.